The first-order valence-corrected chi connectivity index (χ1v) is 13.5. The fourth-order valence-corrected chi connectivity index (χ4v) is 6.19. The number of carbonyl (C=O) groups is 2. The van der Waals surface area contributed by atoms with Crippen molar-refractivity contribution in [3.8, 4) is 0 Å². The second-order valence-electron chi connectivity index (χ2n) is 11.3. The van der Waals surface area contributed by atoms with E-state index in [1.807, 2.05) is 0 Å². The molecule has 1 aromatic carbocycles. The van der Waals surface area contributed by atoms with Gasteiger partial charge in [-0.3, -0.25) is 15.1 Å². The largest absolute Gasteiger partial charge is 0.443 e. The Bertz CT molecular complexity index is 1260. The van der Waals surface area contributed by atoms with Gasteiger partial charge in [-0.2, -0.15) is 4.90 Å². The lowest BCUT2D eigenvalue weighted by Gasteiger charge is -2.43. The minimum atomic E-state index is -4.81. The van der Waals surface area contributed by atoms with Crippen LogP contribution in [-0.2, 0) is 24.8 Å². The van der Waals surface area contributed by atoms with Crippen molar-refractivity contribution in [1.82, 2.24) is 4.90 Å². The van der Waals surface area contributed by atoms with E-state index in [-0.39, 0.29) is 4.90 Å². The molecule has 1 aromatic rings. The molecule has 1 N–H and O–H groups in total. The number of nitrogens with zero attached hydrogens (tertiary/aromatic N) is 3. The number of carbonyl (C=O) groups excluding carboxylic acids is 2. The van der Waals surface area contributed by atoms with Crippen LogP contribution in [0.3, 0.4) is 0 Å². The third kappa shape index (κ3) is 6.69. The van der Waals surface area contributed by atoms with Crippen LogP contribution in [-0.4, -0.2) is 76.4 Å². The normalized spacial score (nSPS) is 23.0. The van der Waals surface area contributed by atoms with Crippen molar-refractivity contribution < 1.29 is 46.3 Å². The van der Waals surface area contributed by atoms with Crippen molar-refractivity contribution in [3.63, 3.8) is 0 Å². The zero-order chi connectivity index (χ0) is 30.2. The number of halogens is 2. The van der Waals surface area contributed by atoms with Crippen LogP contribution < -0.4 is 0 Å². The highest BCUT2D eigenvalue weighted by atomic mass is 32.2. The Kier molecular flexibility index (Phi) is 8.83. The number of amides is 2. The molecule has 0 spiro atoms. The number of hydrogen-bond donors (Lipinski definition) is 1. The van der Waals surface area contributed by atoms with Gasteiger partial charge in [0.1, 0.15) is 35.1 Å². The fourth-order valence-electron chi connectivity index (χ4n) is 3.97. The summed E-state index contributed by atoms with van der Waals surface area (Å²) in [6.07, 6.45) is -3.77. The Labute approximate surface area is 225 Å². The van der Waals surface area contributed by atoms with Gasteiger partial charge < -0.3 is 14.6 Å². The summed E-state index contributed by atoms with van der Waals surface area (Å²) in [6, 6.07) is 2.37. The molecule has 12 nitrogen and oxygen atoms in total. The highest BCUT2D eigenvalue weighted by molar-refractivity contribution is 7.93. The number of non-ortho nitro benzene ring substituents is 1. The molecule has 1 unspecified atom stereocenters. The van der Waals surface area contributed by atoms with Crippen molar-refractivity contribution in [2.45, 2.75) is 76.4 Å². The average Bonchev–Trinajstić information content (AvgIpc) is 2.73. The molecule has 2 amide bonds. The molecule has 15 heteroatoms. The van der Waals surface area contributed by atoms with E-state index in [2.05, 4.69) is 4.99 Å². The quantitative estimate of drug-likeness (QED) is 0.401. The molecular weight excluding hydrogens is 544 g/mol. The summed E-state index contributed by atoms with van der Waals surface area (Å²) in [5.41, 5.74) is -5.77. The lowest BCUT2D eigenvalue weighted by molar-refractivity contribution is -0.385. The minimum Gasteiger partial charge on any atom is -0.443 e. The SMILES string of the molecule is CC(C)(C)OC(=O)N(C(=O)OC(C)(C)C)C1=N[C@](C)(c2cc([N+](=O)[O-])ccc2F)CS(=O)(=O)C1(CF)CCO. The zero-order valence-corrected chi connectivity index (χ0v) is 23.6. The molecular formula is C24H33F2N3O9S. The first-order chi connectivity index (χ1) is 17.6. The molecule has 1 heterocycles. The zero-order valence-electron chi connectivity index (χ0n) is 22.8. The van der Waals surface area contributed by atoms with Crippen molar-refractivity contribution in [3.05, 3.63) is 39.7 Å². The number of ether oxygens (including phenoxy) is 2. The maximum atomic E-state index is 15.0. The summed E-state index contributed by atoms with van der Waals surface area (Å²) in [6.45, 7) is 7.20. The average molecular weight is 578 g/mol. The van der Waals surface area contributed by atoms with Crippen LogP contribution in [0.5, 0.6) is 0 Å². The Balaban J connectivity index is 3.02. The standard InChI is InChI=1S/C24H33F2N3O9S/c1-21(2,3)37-19(31)28(20(32)38-22(4,5)6)18-24(13-25,10-11-30)39(35,36)14-23(7,27-18)16-12-15(29(33)34)8-9-17(16)26/h8-9,12,30H,10-11,13-14H2,1-7H3/t23-,24?/m0/s1. The van der Waals surface area contributed by atoms with Gasteiger partial charge in [-0.05, 0) is 61.0 Å². The molecule has 218 valence electrons. The van der Waals surface area contributed by atoms with Gasteiger partial charge in [0.15, 0.2) is 14.6 Å². The van der Waals surface area contributed by atoms with E-state index in [1.54, 1.807) is 0 Å². The van der Waals surface area contributed by atoms with Gasteiger partial charge in [0.05, 0.1) is 10.7 Å². The van der Waals surface area contributed by atoms with Crippen molar-refractivity contribution in [1.29, 1.82) is 0 Å². The third-order valence-corrected chi connectivity index (χ3v) is 8.29. The molecule has 0 radical (unpaired) electrons. The first kappa shape index (κ1) is 32.0. The summed E-state index contributed by atoms with van der Waals surface area (Å²) >= 11 is 0. The molecule has 1 aliphatic rings. The predicted octanol–water partition coefficient (Wildman–Crippen LogP) is 4.04. The van der Waals surface area contributed by atoms with E-state index in [0.29, 0.717) is 0 Å². The van der Waals surface area contributed by atoms with Crippen LogP contribution in [0.4, 0.5) is 24.1 Å². The Hall–Kier alpha value is -3.20. The van der Waals surface area contributed by atoms with Crippen LogP contribution in [0.2, 0.25) is 0 Å². The first-order valence-electron chi connectivity index (χ1n) is 11.8. The Morgan fingerprint density at radius 1 is 1.15 bits per heavy atom. The number of aliphatic imine (C=N–C) groups is 1. The number of sulfone groups is 1. The number of nitro benzene ring substituents is 1. The maximum absolute atomic E-state index is 15.0. The fraction of sp³-hybridized carbons (Fsp3) is 0.625. The Morgan fingerprint density at radius 3 is 2.08 bits per heavy atom. The number of aliphatic hydroxyl groups is 1. The van der Waals surface area contributed by atoms with E-state index >= 15 is 4.39 Å². The van der Waals surface area contributed by atoms with Crippen molar-refractivity contribution in [2.75, 3.05) is 19.0 Å². The van der Waals surface area contributed by atoms with Gasteiger partial charge in [-0.15, -0.1) is 0 Å². The molecule has 0 saturated carbocycles. The number of nitro groups is 1. The lowest BCUT2D eigenvalue weighted by atomic mass is 9.92. The number of amidine groups is 1. The summed E-state index contributed by atoms with van der Waals surface area (Å²) in [4.78, 5) is 41.6. The molecule has 39 heavy (non-hydrogen) atoms. The summed E-state index contributed by atoms with van der Waals surface area (Å²) < 4.78 is 65.2. The van der Waals surface area contributed by atoms with Crippen LogP contribution in [0.25, 0.3) is 0 Å². The molecule has 0 aliphatic carbocycles. The summed E-state index contributed by atoms with van der Waals surface area (Å²) in [5, 5.41) is 21.1. The van der Waals surface area contributed by atoms with Crippen molar-refractivity contribution in [2.24, 2.45) is 4.99 Å². The molecule has 0 saturated heterocycles. The van der Waals surface area contributed by atoms with Gasteiger partial charge in [0.2, 0.25) is 0 Å². The monoisotopic (exact) mass is 577 g/mol. The number of alkyl halides is 1. The van der Waals surface area contributed by atoms with Gasteiger partial charge >= 0.3 is 12.2 Å². The highest BCUT2D eigenvalue weighted by Gasteiger charge is 2.60. The van der Waals surface area contributed by atoms with E-state index in [1.165, 1.54) is 41.5 Å². The molecule has 0 fully saturated rings. The van der Waals surface area contributed by atoms with Gasteiger partial charge in [-0.1, -0.05) is 0 Å². The number of aliphatic hydroxyl groups excluding tert-OH is 1. The Morgan fingerprint density at radius 2 is 1.67 bits per heavy atom. The van der Waals surface area contributed by atoms with E-state index < -0.39 is 96.8 Å². The van der Waals surface area contributed by atoms with Gasteiger partial charge in [0, 0.05) is 24.3 Å². The van der Waals surface area contributed by atoms with Gasteiger partial charge in [0.25, 0.3) is 5.69 Å². The van der Waals surface area contributed by atoms with Crippen LogP contribution in [0.15, 0.2) is 23.2 Å². The van der Waals surface area contributed by atoms with Gasteiger partial charge in [-0.25, -0.2) is 26.8 Å². The van der Waals surface area contributed by atoms with Crippen molar-refractivity contribution >= 4 is 33.5 Å². The number of hydrogen-bond acceptors (Lipinski definition) is 10. The molecule has 1 aliphatic heterocycles. The predicted molar refractivity (Wildman–Crippen MR) is 136 cm³/mol. The highest BCUT2D eigenvalue weighted by Crippen LogP contribution is 2.43. The molecule has 2 rings (SSSR count). The second-order valence-corrected chi connectivity index (χ2v) is 13.6. The summed E-state index contributed by atoms with van der Waals surface area (Å²) in [7, 11) is -4.81. The van der Waals surface area contributed by atoms with Crippen LogP contribution in [0, 0.1) is 15.9 Å². The number of rotatable bonds is 5. The number of benzene rings is 1. The van der Waals surface area contributed by atoms with Crippen LogP contribution in [0.1, 0.15) is 60.5 Å². The molecule has 0 bridgehead atoms. The summed E-state index contributed by atoms with van der Waals surface area (Å²) in [5.74, 6) is -3.15. The van der Waals surface area contributed by atoms with E-state index in [0.717, 1.165) is 25.1 Å². The number of imide groups is 1. The third-order valence-electron chi connectivity index (χ3n) is 5.66. The lowest BCUT2D eigenvalue weighted by Crippen LogP contribution is -2.64. The molecule has 0 aromatic heterocycles. The minimum absolute atomic E-state index is 0.121. The van der Waals surface area contributed by atoms with E-state index in [9.17, 15) is 37.6 Å². The molecule has 2 atom stereocenters. The second kappa shape index (κ2) is 10.8. The van der Waals surface area contributed by atoms with E-state index in [4.69, 9.17) is 9.47 Å². The van der Waals surface area contributed by atoms with Crippen LogP contribution >= 0.6 is 0 Å². The maximum Gasteiger partial charge on any atom is 0.425 e. The topological polar surface area (TPSA) is 166 Å². The smallest absolute Gasteiger partial charge is 0.425 e.